The van der Waals surface area contributed by atoms with E-state index in [4.69, 9.17) is 5.73 Å². The third kappa shape index (κ3) is 3.58. The lowest BCUT2D eigenvalue weighted by atomic mass is 10.0. The number of fused-ring (bicyclic) bond motifs is 1. The summed E-state index contributed by atoms with van der Waals surface area (Å²) in [5, 5.41) is 0. The van der Waals surface area contributed by atoms with Gasteiger partial charge in [0.15, 0.2) is 11.9 Å². The molecule has 1 aliphatic rings. The number of pyridine rings is 1. The molecule has 0 aliphatic carbocycles. The second-order valence-corrected chi connectivity index (χ2v) is 6.84. The number of benzene rings is 2. The van der Waals surface area contributed by atoms with Crippen LogP contribution in [-0.4, -0.2) is 35.1 Å². The third-order valence-electron chi connectivity index (χ3n) is 4.94. The first-order chi connectivity index (χ1) is 14.1. The van der Waals surface area contributed by atoms with Gasteiger partial charge in [-0.05, 0) is 30.7 Å². The number of para-hydroxylation sites is 1. The minimum atomic E-state index is -1.10. The van der Waals surface area contributed by atoms with Crippen LogP contribution in [0.1, 0.15) is 27.0 Å². The van der Waals surface area contributed by atoms with Crippen LogP contribution in [-0.2, 0) is 4.79 Å². The highest BCUT2D eigenvalue weighted by molar-refractivity contribution is 6.21. The Hall–Kier alpha value is -3.64. The molecule has 0 fully saturated rings. The standard InChI is InChI=1S/C23H20N4O2/c1-15-6-2-3-7-17(15)20(28)14-27-19-9-5-4-8-18(19)21(26-22(24)23(27)29)16-10-12-25-13-11-16/h2-13,22H,14,24H2,1H3. The Kier molecular flexibility index (Phi) is 5.01. The van der Waals surface area contributed by atoms with Gasteiger partial charge in [0.05, 0.1) is 17.9 Å². The van der Waals surface area contributed by atoms with E-state index in [1.165, 1.54) is 4.90 Å². The van der Waals surface area contributed by atoms with Gasteiger partial charge in [-0.25, -0.2) is 0 Å². The molecule has 0 spiro atoms. The van der Waals surface area contributed by atoms with Crippen molar-refractivity contribution in [1.29, 1.82) is 0 Å². The summed E-state index contributed by atoms with van der Waals surface area (Å²) >= 11 is 0. The number of aliphatic imine (C=N–C) groups is 1. The van der Waals surface area contributed by atoms with Gasteiger partial charge < -0.3 is 10.6 Å². The molecule has 1 unspecified atom stereocenters. The maximum atomic E-state index is 13.1. The van der Waals surface area contributed by atoms with E-state index in [9.17, 15) is 9.59 Å². The SMILES string of the molecule is Cc1ccccc1C(=O)CN1C(=O)C(N)N=C(c2ccncc2)c2ccccc21. The Bertz CT molecular complexity index is 1110. The van der Waals surface area contributed by atoms with E-state index in [0.717, 1.165) is 16.7 Å². The highest BCUT2D eigenvalue weighted by atomic mass is 16.2. The molecule has 1 amide bonds. The van der Waals surface area contributed by atoms with Crippen LogP contribution in [0.2, 0.25) is 0 Å². The summed E-state index contributed by atoms with van der Waals surface area (Å²) in [6.07, 6.45) is 2.23. The summed E-state index contributed by atoms with van der Waals surface area (Å²) in [7, 11) is 0. The van der Waals surface area contributed by atoms with Crippen LogP contribution in [0.3, 0.4) is 0 Å². The summed E-state index contributed by atoms with van der Waals surface area (Å²) in [6, 6.07) is 18.4. The minimum absolute atomic E-state index is 0.104. The van der Waals surface area contributed by atoms with Crippen molar-refractivity contribution in [3.05, 3.63) is 95.3 Å². The summed E-state index contributed by atoms with van der Waals surface area (Å²) in [5.74, 6) is -0.561. The Morgan fingerprint density at radius 3 is 2.48 bits per heavy atom. The number of anilines is 1. The smallest absolute Gasteiger partial charge is 0.266 e. The maximum absolute atomic E-state index is 13.1. The zero-order valence-corrected chi connectivity index (χ0v) is 15.9. The van der Waals surface area contributed by atoms with Gasteiger partial charge in [0.25, 0.3) is 5.91 Å². The van der Waals surface area contributed by atoms with Crippen molar-refractivity contribution in [3.63, 3.8) is 0 Å². The van der Waals surface area contributed by atoms with Crippen LogP contribution in [0, 0.1) is 6.92 Å². The van der Waals surface area contributed by atoms with Gasteiger partial charge in [0.1, 0.15) is 0 Å². The minimum Gasteiger partial charge on any atom is -0.302 e. The van der Waals surface area contributed by atoms with E-state index < -0.39 is 12.1 Å². The number of hydrogen-bond donors (Lipinski definition) is 1. The Morgan fingerprint density at radius 1 is 1.03 bits per heavy atom. The molecule has 6 heteroatoms. The number of rotatable bonds is 4. The molecular weight excluding hydrogens is 364 g/mol. The van der Waals surface area contributed by atoms with E-state index in [-0.39, 0.29) is 12.3 Å². The van der Waals surface area contributed by atoms with E-state index in [0.29, 0.717) is 17.0 Å². The number of carbonyl (C=O) groups is 2. The number of amides is 1. The van der Waals surface area contributed by atoms with Crippen LogP contribution in [0.4, 0.5) is 5.69 Å². The zero-order chi connectivity index (χ0) is 20.4. The van der Waals surface area contributed by atoms with Crippen LogP contribution in [0.25, 0.3) is 0 Å². The van der Waals surface area contributed by atoms with Gasteiger partial charge in [0.2, 0.25) is 0 Å². The fourth-order valence-electron chi connectivity index (χ4n) is 3.47. The molecule has 0 radical (unpaired) electrons. The monoisotopic (exact) mass is 384 g/mol. The van der Waals surface area contributed by atoms with Crippen molar-refractivity contribution >= 4 is 23.1 Å². The second-order valence-electron chi connectivity index (χ2n) is 6.84. The number of Topliss-reactive ketones (excluding diaryl/α,β-unsaturated/α-hetero) is 1. The number of ketones is 1. The van der Waals surface area contributed by atoms with Crippen LogP contribution in [0.5, 0.6) is 0 Å². The molecule has 0 saturated heterocycles. The van der Waals surface area contributed by atoms with Gasteiger partial charge in [-0.15, -0.1) is 0 Å². The first-order valence-corrected chi connectivity index (χ1v) is 9.29. The van der Waals surface area contributed by atoms with Crippen molar-refractivity contribution in [3.8, 4) is 0 Å². The highest BCUT2D eigenvalue weighted by Crippen LogP contribution is 2.28. The van der Waals surface area contributed by atoms with Crippen molar-refractivity contribution < 1.29 is 9.59 Å². The zero-order valence-electron chi connectivity index (χ0n) is 15.9. The van der Waals surface area contributed by atoms with Crippen molar-refractivity contribution in [2.45, 2.75) is 13.1 Å². The fraction of sp³-hybridized carbons (Fsp3) is 0.130. The average molecular weight is 384 g/mol. The maximum Gasteiger partial charge on any atom is 0.266 e. The van der Waals surface area contributed by atoms with Crippen molar-refractivity contribution in [2.24, 2.45) is 10.7 Å². The molecule has 29 heavy (non-hydrogen) atoms. The van der Waals surface area contributed by atoms with Gasteiger partial charge in [-0.3, -0.25) is 19.6 Å². The molecule has 3 aromatic rings. The number of aromatic nitrogens is 1. The molecule has 4 rings (SSSR count). The number of nitrogens with zero attached hydrogens (tertiary/aromatic N) is 3. The summed E-state index contributed by atoms with van der Waals surface area (Å²) < 4.78 is 0. The number of hydrogen-bond acceptors (Lipinski definition) is 5. The predicted octanol–water partition coefficient (Wildman–Crippen LogP) is 2.74. The quantitative estimate of drug-likeness (QED) is 0.701. The number of nitrogens with two attached hydrogens (primary N) is 1. The van der Waals surface area contributed by atoms with Gasteiger partial charge in [0, 0.05) is 29.1 Å². The molecule has 1 aliphatic heterocycles. The number of benzodiazepines with no additional fused rings is 1. The third-order valence-corrected chi connectivity index (χ3v) is 4.94. The first kappa shape index (κ1) is 18.7. The number of carbonyl (C=O) groups excluding carboxylic acids is 2. The van der Waals surface area contributed by atoms with Crippen molar-refractivity contribution in [1.82, 2.24) is 4.98 Å². The molecule has 2 heterocycles. The lowest BCUT2D eigenvalue weighted by Gasteiger charge is -2.24. The molecule has 2 aromatic carbocycles. The van der Waals surface area contributed by atoms with E-state index in [1.807, 2.05) is 61.5 Å². The van der Waals surface area contributed by atoms with Gasteiger partial charge in [-0.2, -0.15) is 0 Å². The van der Waals surface area contributed by atoms with Gasteiger partial charge >= 0.3 is 0 Å². The molecule has 2 N–H and O–H groups in total. The molecule has 1 atom stereocenters. The Labute approximate surface area is 168 Å². The Morgan fingerprint density at radius 2 is 1.72 bits per heavy atom. The lowest BCUT2D eigenvalue weighted by Crippen LogP contribution is -2.44. The molecule has 0 saturated carbocycles. The molecule has 144 valence electrons. The Balaban J connectivity index is 1.78. The topological polar surface area (TPSA) is 88.7 Å². The van der Waals surface area contributed by atoms with Crippen LogP contribution >= 0.6 is 0 Å². The normalized spacial score (nSPS) is 16.1. The molecular formula is C23H20N4O2. The summed E-state index contributed by atoms with van der Waals surface area (Å²) in [4.78, 5) is 36.0. The summed E-state index contributed by atoms with van der Waals surface area (Å²) in [5.41, 5.74) is 10.3. The largest absolute Gasteiger partial charge is 0.302 e. The molecule has 1 aromatic heterocycles. The van der Waals surface area contributed by atoms with Crippen LogP contribution < -0.4 is 10.6 Å². The molecule has 6 nitrogen and oxygen atoms in total. The highest BCUT2D eigenvalue weighted by Gasteiger charge is 2.31. The van der Waals surface area contributed by atoms with Crippen LogP contribution in [0.15, 0.2) is 78.0 Å². The molecule has 0 bridgehead atoms. The predicted molar refractivity (Wildman–Crippen MR) is 112 cm³/mol. The van der Waals surface area contributed by atoms with E-state index in [1.54, 1.807) is 18.5 Å². The second kappa shape index (κ2) is 7.77. The van der Waals surface area contributed by atoms with E-state index >= 15 is 0 Å². The first-order valence-electron chi connectivity index (χ1n) is 9.29. The number of aryl methyl sites for hydroxylation is 1. The van der Waals surface area contributed by atoms with Gasteiger partial charge in [-0.1, -0.05) is 42.5 Å². The summed E-state index contributed by atoms with van der Waals surface area (Å²) in [6.45, 7) is 1.77. The average Bonchev–Trinajstić information content (AvgIpc) is 2.85. The lowest BCUT2D eigenvalue weighted by molar-refractivity contribution is -0.119. The van der Waals surface area contributed by atoms with E-state index in [2.05, 4.69) is 9.98 Å². The fourth-order valence-corrected chi connectivity index (χ4v) is 3.47. The van der Waals surface area contributed by atoms with Crippen molar-refractivity contribution in [2.75, 3.05) is 11.4 Å².